The largest absolute Gasteiger partial charge is 0.480 e. The van der Waals surface area contributed by atoms with Crippen molar-refractivity contribution in [2.45, 2.75) is 6.54 Å². The molecule has 2 aromatic heterocycles. The van der Waals surface area contributed by atoms with Gasteiger partial charge in [-0.05, 0) is 17.7 Å². The lowest BCUT2D eigenvalue weighted by atomic mass is 10.2. The van der Waals surface area contributed by atoms with Crippen LogP contribution in [0, 0.1) is 0 Å². The number of aromatic hydroxyl groups is 1. The Labute approximate surface area is 98.0 Å². The van der Waals surface area contributed by atoms with Crippen molar-refractivity contribution in [2.24, 2.45) is 7.05 Å². The maximum absolute atomic E-state index is 9.53. The second kappa shape index (κ2) is 3.62. The van der Waals surface area contributed by atoms with Crippen molar-refractivity contribution in [3.05, 3.63) is 42.5 Å². The van der Waals surface area contributed by atoms with Crippen LogP contribution in [0.1, 0.15) is 5.56 Å². The molecule has 0 saturated heterocycles. The molecule has 0 fully saturated rings. The third kappa shape index (κ3) is 1.65. The fourth-order valence-corrected chi connectivity index (χ4v) is 1.92. The zero-order valence-electron chi connectivity index (χ0n) is 9.41. The monoisotopic (exact) mass is 228 g/mol. The number of aromatic nitrogens is 4. The van der Waals surface area contributed by atoms with Crippen LogP contribution in [0.15, 0.2) is 36.9 Å². The van der Waals surface area contributed by atoms with E-state index in [1.807, 2.05) is 29.0 Å². The Hall–Kier alpha value is -2.30. The summed E-state index contributed by atoms with van der Waals surface area (Å²) >= 11 is 0. The molecule has 0 saturated carbocycles. The molecule has 1 aromatic carbocycles. The minimum absolute atomic E-state index is 0.0415. The van der Waals surface area contributed by atoms with Crippen LogP contribution >= 0.6 is 0 Å². The number of fused-ring (bicyclic) bond motifs is 1. The average molecular weight is 228 g/mol. The highest BCUT2D eigenvalue weighted by Gasteiger charge is 2.06. The maximum Gasteiger partial charge on any atom is 0.294 e. The summed E-state index contributed by atoms with van der Waals surface area (Å²) in [4.78, 5) is 8.10. The SMILES string of the molecule is Cn1c(O)nc2cc(Cn3ccnc3)ccc21. The standard InChI is InChI=1S/C12H12N4O/c1-15-11-3-2-9(6-10(11)14-12(15)17)7-16-5-4-13-8-16/h2-6,8H,7H2,1H3,(H,14,17). The van der Waals surface area contributed by atoms with Gasteiger partial charge in [-0.15, -0.1) is 0 Å². The van der Waals surface area contributed by atoms with Gasteiger partial charge < -0.3 is 9.67 Å². The zero-order chi connectivity index (χ0) is 11.8. The van der Waals surface area contributed by atoms with Crippen molar-refractivity contribution in [1.29, 1.82) is 0 Å². The van der Waals surface area contributed by atoms with Gasteiger partial charge in [-0.2, -0.15) is 4.98 Å². The van der Waals surface area contributed by atoms with Crippen molar-refractivity contribution in [1.82, 2.24) is 19.1 Å². The van der Waals surface area contributed by atoms with Gasteiger partial charge in [0.25, 0.3) is 6.01 Å². The summed E-state index contributed by atoms with van der Waals surface area (Å²) in [6.07, 6.45) is 5.45. The van der Waals surface area contributed by atoms with Gasteiger partial charge in [-0.25, -0.2) is 4.98 Å². The number of benzene rings is 1. The van der Waals surface area contributed by atoms with Crippen molar-refractivity contribution in [2.75, 3.05) is 0 Å². The summed E-state index contributed by atoms with van der Waals surface area (Å²) < 4.78 is 3.65. The van der Waals surface area contributed by atoms with E-state index in [9.17, 15) is 5.11 Å². The predicted molar refractivity (Wildman–Crippen MR) is 63.7 cm³/mol. The van der Waals surface area contributed by atoms with Gasteiger partial charge in [0.15, 0.2) is 0 Å². The molecule has 0 atom stereocenters. The van der Waals surface area contributed by atoms with E-state index in [-0.39, 0.29) is 6.01 Å². The topological polar surface area (TPSA) is 55.9 Å². The first kappa shape index (κ1) is 9.89. The number of nitrogens with zero attached hydrogens (tertiary/aromatic N) is 4. The summed E-state index contributed by atoms with van der Waals surface area (Å²) in [7, 11) is 1.79. The fourth-order valence-electron chi connectivity index (χ4n) is 1.92. The number of hydrogen-bond donors (Lipinski definition) is 1. The third-order valence-electron chi connectivity index (χ3n) is 2.85. The molecule has 2 heterocycles. The lowest BCUT2D eigenvalue weighted by Gasteiger charge is -2.02. The van der Waals surface area contributed by atoms with Crippen molar-refractivity contribution in [3.63, 3.8) is 0 Å². The first-order valence-corrected chi connectivity index (χ1v) is 5.34. The summed E-state index contributed by atoms with van der Waals surface area (Å²) in [6.45, 7) is 0.757. The molecule has 0 radical (unpaired) electrons. The van der Waals surface area contributed by atoms with Crippen molar-refractivity contribution >= 4 is 11.0 Å². The second-order valence-corrected chi connectivity index (χ2v) is 4.03. The number of hydrogen-bond acceptors (Lipinski definition) is 3. The van der Waals surface area contributed by atoms with Crippen LogP contribution in [0.25, 0.3) is 11.0 Å². The summed E-state index contributed by atoms with van der Waals surface area (Å²) in [6, 6.07) is 6.02. The van der Waals surface area contributed by atoms with Crippen LogP contribution in [0.5, 0.6) is 6.01 Å². The Kier molecular flexibility index (Phi) is 2.11. The van der Waals surface area contributed by atoms with Gasteiger partial charge in [0, 0.05) is 26.0 Å². The van der Waals surface area contributed by atoms with Gasteiger partial charge in [0.2, 0.25) is 0 Å². The highest BCUT2D eigenvalue weighted by atomic mass is 16.3. The highest BCUT2D eigenvalue weighted by Crippen LogP contribution is 2.20. The lowest BCUT2D eigenvalue weighted by Crippen LogP contribution is -1.96. The zero-order valence-corrected chi connectivity index (χ0v) is 9.41. The molecule has 0 spiro atoms. The summed E-state index contributed by atoms with van der Waals surface area (Å²) in [5, 5.41) is 9.53. The second-order valence-electron chi connectivity index (χ2n) is 4.03. The Balaban J connectivity index is 2.02. The van der Waals surface area contributed by atoms with Crippen molar-refractivity contribution < 1.29 is 5.11 Å². The van der Waals surface area contributed by atoms with Crippen LogP contribution in [-0.2, 0) is 13.6 Å². The molecule has 5 nitrogen and oxygen atoms in total. The van der Waals surface area contributed by atoms with Crippen LogP contribution in [0.2, 0.25) is 0 Å². The number of rotatable bonds is 2. The number of aryl methyl sites for hydroxylation is 1. The molecular formula is C12H12N4O. The smallest absolute Gasteiger partial charge is 0.294 e. The number of imidazole rings is 2. The van der Waals surface area contributed by atoms with Crippen LogP contribution in [-0.4, -0.2) is 24.2 Å². The normalized spacial score (nSPS) is 11.1. The molecule has 0 aliphatic carbocycles. The van der Waals surface area contributed by atoms with Gasteiger partial charge in [0.1, 0.15) is 0 Å². The Morgan fingerprint density at radius 2 is 2.24 bits per heavy atom. The Morgan fingerprint density at radius 1 is 1.35 bits per heavy atom. The highest BCUT2D eigenvalue weighted by molar-refractivity contribution is 5.77. The Bertz CT molecular complexity index is 655. The van der Waals surface area contributed by atoms with E-state index in [0.717, 1.165) is 23.1 Å². The molecule has 1 N–H and O–H groups in total. The predicted octanol–water partition coefficient (Wildman–Crippen LogP) is 1.52. The molecular weight excluding hydrogens is 216 g/mol. The molecule has 3 rings (SSSR count). The van der Waals surface area contributed by atoms with Gasteiger partial charge in [0.05, 0.1) is 17.4 Å². The molecule has 86 valence electrons. The van der Waals surface area contributed by atoms with Crippen molar-refractivity contribution in [3.8, 4) is 6.01 Å². The molecule has 0 bridgehead atoms. The third-order valence-corrected chi connectivity index (χ3v) is 2.85. The van der Waals surface area contributed by atoms with E-state index in [4.69, 9.17) is 0 Å². The van der Waals surface area contributed by atoms with Crippen LogP contribution < -0.4 is 0 Å². The van der Waals surface area contributed by atoms with E-state index in [2.05, 4.69) is 9.97 Å². The molecule has 0 unspecified atom stereocenters. The van der Waals surface area contributed by atoms with E-state index >= 15 is 0 Å². The summed E-state index contributed by atoms with van der Waals surface area (Å²) in [5.41, 5.74) is 2.87. The van der Waals surface area contributed by atoms with E-state index < -0.39 is 0 Å². The van der Waals surface area contributed by atoms with E-state index in [1.54, 1.807) is 24.1 Å². The van der Waals surface area contributed by atoms with E-state index in [1.165, 1.54) is 0 Å². The maximum atomic E-state index is 9.53. The van der Waals surface area contributed by atoms with Gasteiger partial charge >= 0.3 is 0 Å². The summed E-state index contributed by atoms with van der Waals surface area (Å²) in [5.74, 6) is 0. The Morgan fingerprint density at radius 3 is 3.00 bits per heavy atom. The molecule has 0 amide bonds. The minimum atomic E-state index is 0.0415. The first-order valence-electron chi connectivity index (χ1n) is 5.34. The lowest BCUT2D eigenvalue weighted by molar-refractivity contribution is 0.415. The van der Waals surface area contributed by atoms with Gasteiger partial charge in [-0.3, -0.25) is 4.57 Å². The molecule has 0 aliphatic rings. The molecule has 0 aliphatic heterocycles. The molecule has 3 aromatic rings. The molecule has 5 heteroatoms. The quantitative estimate of drug-likeness (QED) is 0.723. The van der Waals surface area contributed by atoms with Crippen LogP contribution in [0.4, 0.5) is 0 Å². The van der Waals surface area contributed by atoms with E-state index in [0.29, 0.717) is 0 Å². The van der Waals surface area contributed by atoms with Gasteiger partial charge in [-0.1, -0.05) is 6.07 Å². The minimum Gasteiger partial charge on any atom is -0.480 e. The fraction of sp³-hybridized carbons (Fsp3) is 0.167. The molecule has 17 heavy (non-hydrogen) atoms. The first-order chi connectivity index (χ1) is 8.24. The van der Waals surface area contributed by atoms with Crippen LogP contribution in [0.3, 0.4) is 0 Å². The average Bonchev–Trinajstić information content (AvgIpc) is 2.89.